The van der Waals surface area contributed by atoms with E-state index in [9.17, 15) is 4.79 Å². The van der Waals surface area contributed by atoms with Gasteiger partial charge >= 0.3 is 6.09 Å². The molecular weight excluding hydrogens is 444 g/mol. The quantitative estimate of drug-likeness (QED) is 0.482. The first-order valence-corrected chi connectivity index (χ1v) is 11.6. The zero-order valence-electron chi connectivity index (χ0n) is 20.2. The van der Waals surface area contributed by atoms with Crippen molar-refractivity contribution in [3.8, 4) is 34.0 Å². The molecule has 9 nitrogen and oxygen atoms in total. The Morgan fingerprint density at radius 2 is 1.89 bits per heavy atom. The largest absolute Gasteiger partial charge is 0.493 e. The standard InChI is InChI=1S/C26H28N6O3/c1-16-13-32(17(2)12-27-16)26(33)35-23-10-19-21(11-22(23)34-4)28-15-29-25(19)20-14-31(3)30-24(20)18-8-6-5-7-9-18/h5-11,14-17,27H,12-13H2,1-4H3/t16-,17-/m0/s1. The average Bonchev–Trinajstić information content (AvgIpc) is 3.26. The van der Waals surface area contributed by atoms with E-state index in [-0.39, 0.29) is 12.1 Å². The summed E-state index contributed by atoms with van der Waals surface area (Å²) in [7, 11) is 3.43. The summed E-state index contributed by atoms with van der Waals surface area (Å²) in [6, 6.07) is 13.7. The predicted octanol–water partition coefficient (Wildman–Crippen LogP) is 3.89. The van der Waals surface area contributed by atoms with Crippen molar-refractivity contribution in [1.82, 2.24) is 30.0 Å². The third-order valence-corrected chi connectivity index (χ3v) is 6.25. The van der Waals surface area contributed by atoms with Crippen LogP contribution in [0.1, 0.15) is 13.8 Å². The van der Waals surface area contributed by atoms with Gasteiger partial charge in [0.2, 0.25) is 0 Å². The van der Waals surface area contributed by atoms with E-state index in [0.717, 1.165) is 22.2 Å². The summed E-state index contributed by atoms with van der Waals surface area (Å²) in [5.41, 5.74) is 4.03. The van der Waals surface area contributed by atoms with Crippen molar-refractivity contribution >= 4 is 17.0 Å². The van der Waals surface area contributed by atoms with E-state index < -0.39 is 6.09 Å². The lowest BCUT2D eigenvalue weighted by Crippen LogP contribution is -2.56. The van der Waals surface area contributed by atoms with Crippen LogP contribution >= 0.6 is 0 Å². The molecule has 0 saturated carbocycles. The number of piperazine rings is 1. The first kappa shape index (κ1) is 22.8. The Labute approximate surface area is 203 Å². The Morgan fingerprint density at radius 1 is 1.09 bits per heavy atom. The molecule has 2 aromatic heterocycles. The summed E-state index contributed by atoms with van der Waals surface area (Å²) in [5, 5.41) is 8.79. The fraction of sp³-hybridized carbons (Fsp3) is 0.308. The van der Waals surface area contributed by atoms with Crippen molar-refractivity contribution in [2.75, 3.05) is 20.2 Å². The monoisotopic (exact) mass is 472 g/mol. The maximum atomic E-state index is 13.1. The number of carbonyl (C=O) groups is 1. The number of carbonyl (C=O) groups excluding carboxylic acids is 1. The summed E-state index contributed by atoms with van der Waals surface area (Å²) < 4.78 is 13.2. The molecule has 1 N–H and O–H groups in total. The molecule has 1 aliphatic rings. The molecule has 1 saturated heterocycles. The van der Waals surface area contributed by atoms with Gasteiger partial charge in [-0.1, -0.05) is 30.3 Å². The number of nitrogens with one attached hydrogen (secondary N) is 1. The van der Waals surface area contributed by atoms with Crippen LogP contribution in [0.2, 0.25) is 0 Å². The third kappa shape index (κ3) is 4.42. The van der Waals surface area contributed by atoms with E-state index in [4.69, 9.17) is 9.47 Å². The molecule has 0 unspecified atom stereocenters. The van der Waals surface area contributed by atoms with Crippen LogP contribution in [0.3, 0.4) is 0 Å². The zero-order chi connectivity index (χ0) is 24.5. The molecular formula is C26H28N6O3. The van der Waals surface area contributed by atoms with Gasteiger partial charge in [-0.3, -0.25) is 4.68 Å². The number of aromatic nitrogens is 4. The molecule has 5 rings (SSSR count). The van der Waals surface area contributed by atoms with Crippen LogP contribution in [-0.4, -0.2) is 63.0 Å². The van der Waals surface area contributed by atoms with E-state index in [1.165, 1.54) is 6.33 Å². The second-order valence-corrected chi connectivity index (χ2v) is 8.85. The van der Waals surface area contributed by atoms with Crippen LogP contribution in [0.5, 0.6) is 11.5 Å². The second-order valence-electron chi connectivity index (χ2n) is 8.85. The average molecular weight is 473 g/mol. The second kappa shape index (κ2) is 9.34. The molecule has 1 aliphatic heterocycles. The number of aryl methyl sites for hydroxylation is 1. The molecule has 180 valence electrons. The Bertz CT molecular complexity index is 1370. The zero-order valence-corrected chi connectivity index (χ0v) is 20.2. The Morgan fingerprint density at radius 3 is 2.66 bits per heavy atom. The number of nitrogens with zero attached hydrogens (tertiary/aromatic N) is 5. The first-order chi connectivity index (χ1) is 16.9. The summed E-state index contributed by atoms with van der Waals surface area (Å²) >= 11 is 0. The van der Waals surface area contributed by atoms with E-state index in [2.05, 4.69) is 20.4 Å². The third-order valence-electron chi connectivity index (χ3n) is 6.25. The molecule has 35 heavy (non-hydrogen) atoms. The highest BCUT2D eigenvalue weighted by Crippen LogP contribution is 2.38. The van der Waals surface area contributed by atoms with Gasteiger partial charge in [-0.25, -0.2) is 14.8 Å². The van der Waals surface area contributed by atoms with Gasteiger partial charge in [-0.15, -0.1) is 0 Å². The smallest absolute Gasteiger partial charge is 0.415 e. The maximum Gasteiger partial charge on any atom is 0.415 e. The van der Waals surface area contributed by atoms with Crippen molar-refractivity contribution in [2.45, 2.75) is 25.9 Å². The lowest BCUT2D eigenvalue weighted by atomic mass is 10.0. The molecule has 3 heterocycles. The molecule has 0 bridgehead atoms. The summed E-state index contributed by atoms with van der Waals surface area (Å²) in [5.74, 6) is 0.755. The summed E-state index contributed by atoms with van der Waals surface area (Å²) in [6.07, 6.45) is 3.05. The van der Waals surface area contributed by atoms with Gasteiger partial charge in [-0.05, 0) is 19.9 Å². The molecule has 2 atom stereocenters. The number of hydrogen-bond acceptors (Lipinski definition) is 7. The van der Waals surface area contributed by atoms with Crippen molar-refractivity contribution in [3.05, 3.63) is 55.0 Å². The van der Waals surface area contributed by atoms with Gasteiger partial charge in [0.25, 0.3) is 0 Å². The first-order valence-electron chi connectivity index (χ1n) is 11.6. The number of methoxy groups -OCH3 is 1. The Balaban J connectivity index is 1.59. The lowest BCUT2D eigenvalue weighted by Gasteiger charge is -2.36. The maximum absolute atomic E-state index is 13.1. The van der Waals surface area contributed by atoms with Crippen molar-refractivity contribution in [1.29, 1.82) is 0 Å². The number of ether oxygens (including phenoxy) is 2. The normalized spacial score (nSPS) is 18.0. The fourth-order valence-corrected chi connectivity index (χ4v) is 4.42. The highest BCUT2D eigenvalue weighted by molar-refractivity contribution is 5.97. The summed E-state index contributed by atoms with van der Waals surface area (Å²) in [4.78, 5) is 23.9. The number of hydrogen-bond donors (Lipinski definition) is 1. The van der Waals surface area contributed by atoms with E-state index >= 15 is 0 Å². The van der Waals surface area contributed by atoms with Gasteiger partial charge in [-0.2, -0.15) is 5.10 Å². The van der Waals surface area contributed by atoms with Gasteiger partial charge in [0.15, 0.2) is 11.5 Å². The molecule has 0 spiro atoms. The molecule has 1 fully saturated rings. The molecule has 0 radical (unpaired) electrons. The van der Waals surface area contributed by atoms with E-state index in [0.29, 0.717) is 35.8 Å². The van der Waals surface area contributed by atoms with E-state index in [1.807, 2.05) is 57.4 Å². The highest BCUT2D eigenvalue weighted by atomic mass is 16.6. The molecule has 1 amide bonds. The Hall–Kier alpha value is -3.98. The van der Waals surface area contributed by atoms with Gasteiger partial charge in [0, 0.05) is 61.0 Å². The van der Waals surface area contributed by atoms with Crippen LogP contribution < -0.4 is 14.8 Å². The minimum Gasteiger partial charge on any atom is -0.493 e. The minimum absolute atomic E-state index is 0.0212. The lowest BCUT2D eigenvalue weighted by molar-refractivity contribution is 0.112. The van der Waals surface area contributed by atoms with Gasteiger partial charge in [0.05, 0.1) is 18.3 Å². The number of fused-ring (bicyclic) bond motifs is 1. The minimum atomic E-state index is -0.409. The van der Waals surface area contributed by atoms with Crippen LogP contribution in [0.25, 0.3) is 33.4 Å². The number of amides is 1. The van der Waals surface area contributed by atoms with E-state index in [1.54, 1.807) is 28.8 Å². The molecule has 0 aliphatic carbocycles. The van der Waals surface area contributed by atoms with Crippen LogP contribution in [0, 0.1) is 0 Å². The number of benzene rings is 2. The highest BCUT2D eigenvalue weighted by Gasteiger charge is 2.29. The Kier molecular flexibility index (Phi) is 6.08. The summed E-state index contributed by atoms with van der Waals surface area (Å²) in [6.45, 7) is 5.33. The SMILES string of the molecule is COc1cc2ncnc(-c3cn(C)nc3-c3ccccc3)c2cc1OC(=O)N1C[C@H](C)NC[C@@H]1C. The number of rotatable bonds is 4. The van der Waals surface area contributed by atoms with Crippen molar-refractivity contribution in [3.63, 3.8) is 0 Å². The van der Waals surface area contributed by atoms with Crippen LogP contribution in [0.4, 0.5) is 4.79 Å². The predicted molar refractivity (Wildman–Crippen MR) is 133 cm³/mol. The molecule has 9 heteroatoms. The molecule has 2 aromatic carbocycles. The van der Waals surface area contributed by atoms with Crippen LogP contribution in [0.15, 0.2) is 55.0 Å². The fourth-order valence-electron chi connectivity index (χ4n) is 4.42. The van der Waals surface area contributed by atoms with Gasteiger partial charge in [0.1, 0.15) is 12.0 Å². The van der Waals surface area contributed by atoms with Crippen molar-refractivity contribution in [2.24, 2.45) is 7.05 Å². The topological polar surface area (TPSA) is 94.4 Å². The van der Waals surface area contributed by atoms with Gasteiger partial charge < -0.3 is 19.7 Å². The molecule has 4 aromatic rings. The van der Waals surface area contributed by atoms with Crippen molar-refractivity contribution < 1.29 is 14.3 Å². The van der Waals surface area contributed by atoms with Crippen LogP contribution in [-0.2, 0) is 7.05 Å².